The second kappa shape index (κ2) is 8.14. The van der Waals surface area contributed by atoms with Crippen LogP contribution in [-0.2, 0) is 4.74 Å². The summed E-state index contributed by atoms with van der Waals surface area (Å²) in [6.07, 6.45) is 3.22. The fraction of sp³-hybridized carbons (Fsp3) is 0.286. The number of hydrogen-bond acceptors (Lipinski definition) is 5. The maximum absolute atomic E-state index is 12.5. The summed E-state index contributed by atoms with van der Waals surface area (Å²) < 4.78 is 11.1. The molecule has 2 aromatic heterocycles. The fourth-order valence-electron chi connectivity index (χ4n) is 2.50. The summed E-state index contributed by atoms with van der Waals surface area (Å²) in [6, 6.07) is 12.7. The zero-order chi connectivity index (χ0) is 19.3. The van der Waals surface area contributed by atoms with Crippen molar-refractivity contribution in [3.8, 4) is 5.88 Å². The predicted octanol–water partition coefficient (Wildman–Crippen LogP) is 4.08. The Bertz CT molecular complexity index is 913. The van der Waals surface area contributed by atoms with Crippen LogP contribution in [0.3, 0.4) is 0 Å². The van der Waals surface area contributed by atoms with Gasteiger partial charge in [-0.1, -0.05) is 6.07 Å². The summed E-state index contributed by atoms with van der Waals surface area (Å²) in [6.45, 7) is 6.85. The van der Waals surface area contributed by atoms with E-state index in [1.165, 1.54) is 6.20 Å². The van der Waals surface area contributed by atoms with Gasteiger partial charge < -0.3 is 14.8 Å². The molecule has 1 amide bonds. The lowest BCUT2D eigenvalue weighted by atomic mass is 10.1. The third kappa shape index (κ3) is 5.24. The molecule has 27 heavy (non-hydrogen) atoms. The van der Waals surface area contributed by atoms with E-state index in [0.717, 1.165) is 10.9 Å². The Balaban J connectivity index is 1.60. The maximum Gasteiger partial charge on any atom is 0.257 e. The molecule has 0 unspecified atom stereocenters. The Kier molecular flexibility index (Phi) is 5.66. The van der Waals surface area contributed by atoms with Crippen molar-refractivity contribution < 1.29 is 14.3 Å². The van der Waals surface area contributed by atoms with Crippen LogP contribution in [0.1, 0.15) is 31.1 Å². The first-order chi connectivity index (χ1) is 12.9. The predicted molar refractivity (Wildman–Crippen MR) is 105 cm³/mol. The normalized spacial score (nSPS) is 11.4. The van der Waals surface area contributed by atoms with Crippen LogP contribution >= 0.6 is 0 Å². The summed E-state index contributed by atoms with van der Waals surface area (Å²) >= 11 is 0. The van der Waals surface area contributed by atoms with Gasteiger partial charge in [0, 0.05) is 23.8 Å². The quantitative estimate of drug-likeness (QED) is 0.667. The molecule has 0 saturated heterocycles. The summed E-state index contributed by atoms with van der Waals surface area (Å²) in [5.41, 5.74) is 1.80. The molecule has 0 radical (unpaired) electrons. The highest BCUT2D eigenvalue weighted by molar-refractivity contribution is 6.08. The van der Waals surface area contributed by atoms with Crippen molar-refractivity contribution in [1.29, 1.82) is 0 Å². The molecule has 0 atom stereocenters. The number of hydrogen-bond donors (Lipinski definition) is 1. The van der Waals surface area contributed by atoms with Crippen LogP contribution in [0.5, 0.6) is 5.88 Å². The van der Waals surface area contributed by atoms with E-state index in [2.05, 4.69) is 15.3 Å². The van der Waals surface area contributed by atoms with Crippen molar-refractivity contribution >= 4 is 22.5 Å². The van der Waals surface area contributed by atoms with Gasteiger partial charge in [0.25, 0.3) is 5.91 Å². The van der Waals surface area contributed by atoms with E-state index in [1.807, 2.05) is 51.1 Å². The number of benzene rings is 1. The number of carbonyl (C=O) groups excluding carboxylic acids is 1. The number of carbonyl (C=O) groups is 1. The lowest BCUT2D eigenvalue weighted by Crippen LogP contribution is -2.22. The van der Waals surface area contributed by atoms with Crippen LogP contribution in [-0.4, -0.2) is 34.7 Å². The molecule has 140 valence electrons. The minimum atomic E-state index is -0.235. The van der Waals surface area contributed by atoms with E-state index in [0.29, 0.717) is 30.3 Å². The summed E-state index contributed by atoms with van der Waals surface area (Å²) in [5, 5.41) is 3.80. The van der Waals surface area contributed by atoms with Crippen molar-refractivity contribution in [1.82, 2.24) is 9.97 Å². The minimum absolute atomic E-state index is 0.199. The summed E-state index contributed by atoms with van der Waals surface area (Å²) in [7, 11) is 0. The topological polar surface area (TPSA) is 73.3 Å². The molecule has 0 bridgehead atoms. The Hall–Kier alpha value is -2.99. The molecule has 1 aromatic carbocycles. The molecule has 0 saturated carbocycles. The van der Waals surface area contributed by atoms with Crippen LogP contribution in [0.25, 0.3) is 10.9 Å². The summed E-state index contributed by atoms with van der Waals surface area (Å²) in [5.74, 6) is 0.222. The van der Waals surface area contributed by atoms with Gasteiger partial charge in [0.2, 0.25) is 5.88 Å². The number of nitrogens with zero attached hydrogens (tertiary/aromatic N) is 2. The molecular weight excluding hydrogens is 342 g/mol. The van der Waals surface area contributed by atoms with Crippen molar-refractivity contribution in [2.75, 3.05) is 18.5 Å². The van der Waals surface area contributed by atoms with E-state index in [-0.39, 0.29) is 11.5 Å². The van der Waals surface area contributed by atoms with Crippen molar-refractivity contribution in [3.05, 3.63) is 60.4 Å². The van der Waals surface area contributed by atoms with Crippen molar-refractivity contribution in [3.63, 3.8) is 0 Å². The van der Waals surface area contributed by atoms with Crippen molar-refractivity contribution in [2.24, 2.45) is 0 Å². The smallest absolute Gasteiger partial charge is 0.257 e. The zero-order valence-electron chi connectivity index (χ0n) is 15.7. The van der Waals surface area contributed by atoms with Crippen LogP contribution in [0.2, 0.25) is 0 Å². The number of amides is 1. The number of aromatic nitrogens is 2. The first-order valence-electron chi connectivity index (χ1n) is 8.80. The highest BCUT2D eigenvalue weighted by atomic mass is 16.5. The van der Waals surface area contributed by atoms with Crippen LogP contribution in [0, 0.1) is 0 Å². The lowest BCUT2D eigenvalue weighted by molar-refractivity contribution is -0.0168. The van der Waals surface area contributed by atoms with Gasteiger partial charge in [-0.25, -0.2) is 4.98 Å². The summed E-state index contributed by atoms with van der Waals surface area (Å²) in [4.78, 5) is 21.0. The van der Waals surface area contributed by atoms with Gasteiger partial charge in [-0.15, -0.1) is 0 Å². The van der Waals surface area contributed by atoms with Gasteiger partial charge >= 0.3 is 0 Å². The molecule has 3 rings (SSSR count). The molecule has 0 aliphatic carbocycles. The van der Waals surface area contributed by atoms with Gasteiger partial charge in [0.1, 0.15) is 6.61 Å². The molecule has 3 aromatic rings. The third-order valence-corrected chi connectivity index (χ3v) is 3.76. The van der Waals surface area contributed by atoms with Crippen LogP contribution in [0.15, 0.2) is 54.9 Å². The molecule has 1 N–H and O–H groups in total. The number of pyridine rings is 2. The van der Waals surface area contributed by atoms with Gasteiger partial charge in [-0.05, 0) is 51.1 Å². The van der Waals surface area contributed by atoms with E-state index in [9.17, 15) is 4.79 Å². The third-order valence-electron chi connectivity index (χ3n) is 3.76. The number of rotatable bonds is 6. The standard InChI is InChI=1S/C21H23N3O3/c1-21(2,3)27-13-12-26-19-10-9-15(14-23-19)20(25)24-18-8-4-7-17-16(18)6-5-11-22-17/h4-11,14H,12-13H2,1-3H3,(H,24,25). The zero-order valence-corrected chi connectivity index (χ0v) is 15.7. The Morgan fingerprint density at radius 2 is 1.89 bits per heavy atom. The number of nitrogens with one attached hydrogen (secondary N) is 1. The molecule has 0 fully saturated rings. The fourth-order valence-corrected chi connectivity index (χ4v) is 2.50. The second-order valence-electron chi connectivity index (χ2n) is 7.02. The van der Waals surface area contributed by atoms with Gasteiger partial charge in [-0.3, -0.25) is 9.78 Å². The molecule has 0 aliphatic heterocycles. The highest BCUT2D eigenvalue weighted by Gasteiger charge is 2.11. The second-order valence-corrected chi connectivity index (χ2v) is 7.02. The molecule has 6 nitrogen and oxygen atoms in total. The van der Waals surface area contributed by atoms with Gasteiger partial charge in [-0.2, -0.15) is 0 Å². The Morgan fingerprint density at radius 1 is 1.04 bits per heavy atom. The minimum Gasteiger partial charge on any atom is -0.475 e. The first kappa shape index (κ1) is 18.8. The number of fused-ring (bicyclic) bond motifs is 1. The Labute approximate surface area is 158 Å². The van der Waals surface area contributed by atoms with Crippen LogP contribution < -0.4 is 10.1 Å². The van der Waals surface area contributed by atoms with E-state index >= 15 is 0 Å². The van der Waals surface area contributed by atoms with E-state index < -0.39 is 0 Å². The molecule has 2 heterocycles. The van der Waals surface area contributed by atoms with E-state index in [4.69, 9.17) is 9.47 Å². The average molecular weight is 365 g/mol. The highest BCUT2D eigenvalue weighted by Crippen LogP contribution is 2.22. The monoisotopic (exact) mass is 365 g/mol. The number of ether oxygens (including phenoxy) is 2. The Morgan fingerprint density at radius 3 is 2.63 bits per heavy atom. The lowest BCUT2D eigenvalue weighted by Gasteiger charge is -2.19. The van der Waals surface area contributed by atoms with Crippen LogP contribution in [0.4, 0.5) is 5.69 Å². The molecule has 0 aliphatic rings. The SMILES string of the molecule is CC(C)(C)OCCOc1ccc(C(=O)Nc2cccc3ncccc23)cn1. The number of anilines is 1. The molecule has 0 spiro atoms. The molecule has 6 heteroatoms. The van der Waals surface area contributed by atoms with Gasteiger partial charge in [0.15, 0.2) is 0 Å². The largest absolute Gasteiger partial charge is 0.475 e. The van der Waals surface area contributed by atoms with E-state index in [1.54, 1.807) is 18.3 Å². The maximum atomic E-state index is 12.5. The first-order valence-corrected chi connectivity index (χ1v) is 8.80. The van der Waals surface area contributed by atoms with Gasteiger partial charge in [0.05, 0.1) is 29.0 Å². The van der Waals surface area contributed by atoms with Crippen molar-refractivity contribution in [2.45, 2.75) is 26.4 Å². The average Bonchev–Trinajstić information content (AvgIpc) is 2.65. The molecular formula is C21H23N3O3.